The summed E-state index contributed by atoms with van der Waals surface area (Å²) in [5.41, 5.74) is 2.43. The van der Waals surface area contributed by atoms with Gasteiger partial charge in [0.15, 0.2) is 6.61 Å². The molecule has 2 amide bonds. The largest absolute Gasteiger partial charge is 0.497 e. The second kappa shape index (κ2) is 11.5. The van der Waals surface area contributed by atoms with E-state index in [1.165, 1.54) is 7.11 Å². The summed E-state index contributed by atoms with van der Waals surface area (Å²) in [7, 11) is 3.09. The molecule has 0 aliphatic rings. The number of esters is 1. The van der Waals surface area contributed by atoms with Gasteiger partial charge in [0.25, 0.3) is 5.91 Å². The number of anilines is 1. The number of ether oxygens (including phenoxy) is 3. The second-order valence-corrected chi connectivity index (χ2v) is 6.54. The van der Waals surface area contributed by atoms with Crippen LogP contribution in [0.3, 0.4) is 0 Å². The van der Waals surface area contributed by atoms with Crippen LogP contribution < -0.4 is 20.1 Å². The van der Waals surface area contributed by atoms with Gasteiger partial charge in [0.1, 0.15) is 11.5 Å². The third-order valence-corrected chi connectivity index (χ3v) is 4.22. The fourth-order valence-electron chi connectivity index (χ4n) is 2.60. The van der Waals surface area contributed by atoms with E-state index in [0.29, 0.717) is 17.9 Å². The molecule has 8 nitrogen and oxygen atoms in total. The Morgan fingerprint density at radius 2 is 1.67 bits per heavy atom. The SMILES string of the molecule is COc1ccc(CCC(=O)OCC(=O)NCC(=O)Nc2cc(C)ccc2OC)cc1. The van der Waals surface area contributed by atoms with E-state index in [2.05, 4.69) is 10.6 Å². The van der Waals surface area contributed by atoms with E-state index in [-0.39, 0.29) is 13.0 Å². The van der Waals surface area contributed by atoms with E-state index < -0.39 is 24.4 Å². The van der Waals surface area contributed by atoms with Crippen molar-refractivity contribution in [1.29, 1.82) is 0 Å². The maximum atomic E-state index is 12.0. The monoisotopic (exact) mass is 414 g/mol. The van der Waals surface area contributed by atoms with Crippen LogP contribution in [0.1, 0.15) is 17.5 Å². The van der Waals surface area contributed by atoms with Crippen LogP contribution >= 0.6 is 0 Å². The molecule has 2 N–H and O–H groups in total. The molecule has 0 saturated carbocycles. The Balaban J connectivity index is 1.68. The number of aryl methyl sites for hydroxylation is 2. The van der Waals surface area contributed by atoms with Gasteiger partial charge in [-0.1, -0.05) is 18.2 Å². The summed E-state index contributed by atoms with van der Waals surface area (Å²) in [5, 5.41) is 5.09. The molecule has 160 valence electrons. The molecule has 8 heteroatoms. The number of nitrogens with one attached hydrogen (secondary N) is 2. The highest BCUT2D eigenvalue weighted by Crippen LogP contribution is 2.24. The fraction of sp³-hybridized carbons (Fsp3) is 0.318. The highest BCUT2D eigenvalue weighted by Gasteiger charge is 2.11. The molecule has 0 saturated heterocycles. The lowest BCUT2D eigenvalue weighted by molar-refractivity contribution is -0.148. The van der Waals surface area contributed by atoms with Gasteiger partial charge in [0, 0.05) is 6.42 Å². The van der Waals surface area contributed by atoms with Gasteiger partial charge in [0.2, 0.25) is 5.91 Å². The van der Waals surface area contributed by atoms with Gasteiger partial charge in [-0.3, -0.25) is 14.4 Å². The Kier molecular flexibility index (Phi) is 8.68. The van der Waals surface area contributed by atoms with Crippen molar-refractivity contribution >= 4 is 23.5 Å². The smallest absolute Gasteiger partial charge is 0.306 e. The van der Waals surface area contributed by atoms with Gasteiger partial charge >= 0.3 is 5.97 Å². The van der Waals surface area contributed by atoms with Crippen molar-refractivity contribution in [2.45, 2.75) is 19.8 Å². The molecule has 2 rings (SSSR count). The van der Waals surface area contributed by atoms with Gasteiger partial charge in [0.05, 0.1) is 26.5 Å². The predicted molar refractivity (Wildman–Crippen MR) is 112 cm³/mol. The zero-order valence-electron chi connectivity index (χ0n) is 17.3. The topological polar surface area (TPSA) is 103 Å². The molecule has 2 aromatic carbocycles. The van der Waals surface area contributed by atoms with Crippen molar-refractivity contribution < 1.29 is 28.6 Å². The van der Waals surface area contributed by atoms with E-state index in [9.17, 15) is 14.4 Å². The molecule has 0 fully saturated rings. The predicted octanol–water partition coefficient (Wildman–Crippen LogP) is 2.24. The van der Waals surface area contributed by atoms with E-state index in [0.717, 1.165) is 16.9 Å². The molecule has 0 radical (unpaired) electrons. The van der Waals surface area contributed by atoms with E-state index in [1.807, 2.05) is 37.3 Å². The zero-order valence-corrected chi connectivity index (χ0v) is 17.3. The number of amides is 2. The minimum atomic E-state index is -0.556. The molecular weight excluding hydrogens is 388 g/mol. The van der Waals surface area contributed by atoms with Crippen molar-refractivity contribution in [3.63, 3.8) is 0 Å². The Labute approximate surface area is 175 Å². The number of hydrogen-bond donors (Lipinski definition) is 2. The number of benzene rings is 2. The van der Waals surface area contributed by atoms with E-state index in [1.54, 1.807) is 19.2 Å². The van der Waals surface area contributed by atoms with Crippen LogP contribution in [0.5, 0.6) is 11.5 Å². The minimum absolute atomic E-state index is 0.146. The summed E-state index contributed by atoms with van der Waals surface area (Å²) < 4.78 is 15.2. The van der Waals surface area contributed by atoms with E-state index in [4.69, 9.17) is 14.2 Å². The highest BCUT2D eigenvalue weighted by molar-refractivity contribution is 5.96. The molecule has 2 aromatic rings. The lowest BCUT2D eigenvalue weighted by Gasteiger charge is -2.11. The standard InChI is InChI=1S/C22H26N2O6/c1-15-4-10-19(29-3)18(12-15)24-20(25)13-23-21(26)14-30-22(27)11-7-16-5-8-17(28-2)9-6-16/h4-6,8-10,12H,7,11,13-14H2,1-3H3,(H,23,26)(H,24,25). The highest BCUT2D eigenvalue weighted by atomic mass is 16.5. The summed E-state index contributed by atoms with van der Waals surface area (Å²) in [5.74, 6) is -0.207. The van der Waals surface area contributed by atoms with Gasteiger partial charge in [-0.15, -0.1) is 0 Å². The van der Waals surface area contributed by atoms with Gasteiger partial charge in [-0.05, 0) is 48.7 Å². The molecule has 30 heavy (non-hydrogen) atoms. The molecule has 0 heterocycles. The normalized spacial score (nSPS) is 10.1. The number of carbonyl (C=O) groups excluding carboxylic acids is 3. The third kappa shape index (κ3) is 7.46. The zero-order chi connectivity index (χ0) is 21.9. The van der Waals surface area contributed by atoms with Crippen LogP contribution in [0.15, 0.2) is 42.5 Å². The first-order valence-electron chi connectivity index (χ1n) is 9.41. The van der Waals surface area contributed by atoms with Gasteiger partial charge in [-0.25, -0.2) is 0 Å². The molecule has 0 atom stereocenters. The summed E-state index contributed by atoms with van der Waals surface area (Å²) in [6.45, 7) is 1.20. The fourth-order valence-corrected chi connectivity index (χ4v) is 2.60. The van der Waals surface area contributed by atoms with Crippen molar-refractivity contribution in [3.8, 4) is 11.5 Å². The van der Waals surface area contributed by atoms with Crippen LogP contribution in [-0.4, -0.2) is 45.2 Å². The lowest BCUT2D eigenvalue weighted by atomic mass is 10.1. The average Bonchev–Trinajstić information content (AvgIpc) is 2.75. The first-order valence-corrected chi connectivity index (χ1v) is 9.41. The van der Waals surface area contributed by atoms with Crippen LogP contribution in [0.4, 0.5) is 5.69 Å². The molecule has 0 aliphatic heterocycles. The minimum Gasteiger partial charge on any atom is -0.497 e. The van der Waals surface area contributed by atoms with Crippen LogP contribution in [0.25, 0.3) is 0 Å². The van der Waals surface area contributed by atoms with Crippen LogP contribution in [0.2, 0.25) is 0 Å². The van der Waals surface area contributed by atoms with Crippen molar-refractivity contribution in [3.05, 3.63) is 53.6 Å². The van der Waals surface area contributed by atoms with Crippen molar-refractivity contribution in [1.82, 2.24) is 5.32 Å². The molecule has 0 spiro atoms. The first kappa shape index (κ1) is 22.7. The molecular formula is C22H26N2O6. The summed E-state index contributed by atoms with van der Waals surface area (Å²) in [4.78, 5) is 35.7. The maximum absolute atomic E-state index is 12.0. The number of methoxy groups -OCH3 is 2. The van der Waals surface area contributed by atoms with Crippen LogP contribution in [0, 0.1) is 6.92 Å². The second-order valence-electron chi connectivity index (χ2n) is 6.54. The first-order chi connectivity index (χ1) is 14.4. The van der Waals surface area contributed by atoms with Crippen molar-refractivity contribution in [2.24, 2.45) is 0 Å². The molecule has 0 bridgehead atoms. The lowest BCUT2D eigenvalue weighted by Crippen LogP contribution is -2.35. The van der Waals surface area contributed by atoms with Crippen LogP contribution in [-0.2, 0) is 25.5 Å². The Hall–Kier alpha value is -3.55. The average molecular weight is 414 g/mol. The summed E-state index contributed by atoms with van der Waals surface area (Å²) in [6, 6.07) is 12.7. The van der Waals surface area contributed by atoms with Gasteiger partial charge in [-0.2, -0.15) is 0 Å². The van der Waals surface area contributed by atoms with E-state index >= 15 is 0 Å². The van der Waals surface area contributed by atoms with Gasteiger partial charge < -0.3 is 24.8 Å². The Morgan fingerprint density at radius 3 is 2.33 bits per heavy atom. The third-order valence-electron chi connectivity index (χ3n) is 4.22. The number of hydrogen-bond acceptors (Lipinski definition) is 6. The molecule has 0 unspecified atom stereocenters. The summed E-state index contributed by atoms with van der Waals surface area (Å²) in [6.07, 6.45) is 0.637. The number of rotatable bonds is 10. The summed E-state index contributed by atoms with van der Waals surface area (Å²) >= 11 is 0. The number of carbonyl (C=O) groups is 3. The quantitative estimate of drug-likeness (QED) is 0.578. The van der Waals surface area contributed by atoms with Crippen molar-refractivity contribution in [2.75, 3.05) is 32.7 Å². The molecule has 0 aromatic heterocycles. The molecule has 0 aliphatic carbocycles. The maximum Gasteiger partial charge on any atom is 0.306 e. The Morgan fingerprint density at radius 1 is 0.933 bits per heavy atom. The Bertz CT molecular complexity index is 880.